The van der Waals surface area contributed by atoms with E-state index in [2.05, 4.69) is 22.8 Å². The third-order valence-electron chi connectivity index (χ3n) is 5.98. The van der Waals surface area contributed by atoms with Crippen molar-refractivity contribution in [2.24, 2.45) is 5.92 Å². The zero-order chi connectivity index (χ0) is 22.0. The molecule has 7 nitrogen and oxygen atoms in total. The predicted molar refractivity (Wildman–Crippen MR) is 115 cm³/mol. The summed E-state index contributed by atoms with van der Waals surface area (Å²) < 4.78 is 5.47. The van der Waals surface area contributed by atoms with Crippen LogP contribution < -0.4 is 10.6 Å². The van der Waals surface area contributed by atoms with Gasteiger partial charge in [0, 0.05) is 12.0 Å². The van der Waals surface area contributed by atoms with Gasteiger partial charge >= 0.3 is 12.1 Å². The SMILES string of the molecule is C[C@H](NC(=O)OCC1c2ccccc2-c2ccccc21)C(=O)NC(CC(=O)O)C1CC1. The maximum atomic E-state index is 12.4. The van der Waals surface area contributed by atoms with E-state index in [1.54, 1.807) is 6.92 Å². The summed E-state index contributed by atoms with van der Waals surface area (Å²) in [6.45, 7) is 1.72. The fourth-order valence-electron chi connectivity index (χ4n) is 4.21. The van der Waals surface area contributed by atoms with E-state index in [0.29, 0.717) is 0 Å². The van der Waals surface area contributed by atoms with Crippen LogP contribution in [0, 0.1) is 5.92 Å². The fourth-order valence-corrected chi connectivity index (χ4v) is 4.21. The highest BCUT2D eigenvalue weighted by Gasteiger charge is 2.35. The number of hydrogen-bond acceptors (Lipinski definition) is 4. The minimum Gasteiger partial charge on any atom is -0.481 e. The number of benzene rings is 2. The number of ether oxygens (including phenoxy) is 1. The van der Waals surface area contributed by atoms with Crippen LogP contribution in [0.4, 0.5) is 4.79 Å². The van der Waals surface area contributed by atoms with Crippen LogP contribution in [0.2, 0.25) is 0 Å². The lowest BCUT2D eigenvalue weighted by Crippen LogP contribution is -2.49. The molecule has 31 heavy (non-hydrogen) atoms. The molecule has 0 saturated heterocycles. The molecule has 0 aromatic heterocycles. The van der Waals surface area contributed by atoms with Crippen LogP contribution in [-0.2, 0) is 14.3 Å². The van der Waals surface area contributed by atoms with E-state index in [-0.39, 0.29) is 24.9 Å². The Morgan fingerprint density at radius 1 is 1.00 bits per heavy atom. The number of carboxylic acids is 1. The molecule has 2 aromatic rings. The van der Waals surface area contributed by atoms with Gasteiger partial charge in [-0.05, 0) is 47.9 Å². The van der Waals surface area contributed by atoms with E-state index >= 15 is 0 Å². The number of carbonyl (C=O) groups excluding carboxylic acids is 2. The molecule has 2 atom stereocenters. The first kappa shape index (κ1) is 20.9. The number of fused-ring (bicyclic) bond motifs is 3. The molecule has 1 unspecified atom stereocenters. The molecule has 2 aliphatic rings. The Morgan fingerprint density at radius 3 is 2.13 bits per heavy atom. The van der Waals surface area contributed by atoms with Gasteiger partial charge in [0.05, 0.1) is 6.42 Å². The Morgan fingerprint density at radius 2 is 1.58 bits per heavy atom. The average Bonchev–Trinajstić information content (AvgIpc) is 3.54. The molecule has 0 aliphatic heterocycles. The minimum atomic E-state index is -0.950. The van der Waals surface area contributed by atoms with Crippen molar-refractivity contribution >= 4 is 18.0 Å². The molecule has 0 heterocycles. The van der Waals surface area contributed by atoms with Gasteiger partial charge in [0.15, 0.2) is 0 Å². The van der Waals surface area contributed by atoms with Gasteiger partial charge < -0.3 is 20.5 Å². The Hall–Kier alpha value is -3.35. The van der Waals surface area contributed by atoms with E-state index in [1.165, 1.54) is 0 Å². The van der Waals surface area contributed by atoms with Crippen LogP contribution in [0.1, 0.15) is 43.2 Å². The summed E-state index contributed by atoms with van der Waals surface area (Å²) in [5, 5.41) is 14.3. The van der Waals surface area contributed by atoms with Gasteiger partial charge in [-0.15, -0.1) is 0 Å². The van der Waals surface area contributed by atoms with Crippen LogP contribution >= 0.6 is 0 Å². The van der Waals surface area contributed by atoms with Crippen molar-refractivity contribution < 1.29 is 24.2 Å². The lowest BCUT2D eigenvalue weighted by Gasteiger charge is -2.20. The first-order chi connectivity index (χ1) is 14.9. The summed E-state index contributed by atoms with van der Waals surface area (Å²) in [6.07, 6.45) is 1.03. The van der Waals surface area contributed by atoms with Gasteiger partial charge in [-0.2, -0.15) is 0 Å². The lowest BCUT2D eigenvalue weighted by molar-refractivity contribution is -0.138. The van der Waals surface area contributed by atoms with Gasteiger partial charge in [0.25, 0.3) is 0 Å². The number of nitrogens with one attached hydrogen (secondary N) is 2. The van der Waals surface area contributed by atoms with E-state index in [4.69, 9.17) is 9.84 Å². The van der Waals surface area contributed by atoms with Crippen molar-refractivity contribution in [1.29, 1.82) is 0 Å². The molecule has 2 aliphatic carbocycles. The van der Waals surface area contributed by atoms with E-state index in [9.17, 15) is 14.4 Å². The van der Waals surface area contributed by atoms with Gasteiger partial charge in [-0.25, -0.2) is 4.79 Å². The quantitative estimate of drug-likeness (QED) is 0.606. The van der Waals surface area contributed by atoms with Gasteiger partial charge in [0.1, 0.15) is 12.6 Å². The van der Waals surface area contributed by atoms with E-state index < -0.39 is 30.1 Å². The number of alkyl carbamates (subject to hydrolysis) is 1. The second-order valence-electron chi connectivity index (χ2n) is 8.24. The van der Waals surface area contributed by atoms with Crippen LogP contribution in [0.15, 0.2) is 48.5 Å². The third kappa shape index (κ3) is 4.71. The minimum absolute atomic E-state index is 0.0582. The smallest absolute Gasteiger partial charge is 0.407 e. The maximum absolute atomic E-state index is 12.4. The monoisotopic (exact) mass is 422 g/mol. The zero-order valence-electron chi connectivity index (χ0n) is 17.3. The normalized spacial score (nSPS) is 16.5. The third-order valence-corrected chi connectivity index (χ3v) is 5.98. The summed E-state index contributed by atoms with van der Waals surface area (Å²) in [5.41, 5.74) is 4.51. The standard InChI is InChI=1S/C24H26N2O5/c1-14(23(29)26-21(12-22(27)28)15-10-11-15)25-24(30)31-13-20-18-8-4-2-6-16(18)17-7-3-5-9-19(17)20/h2-9,14-15,20-21H,10-13H2,1H3,(H,25,30)(H,26,29)(H,27,28)/t14-,21?/m0/s1. The summed E-state index contributed by atoms with van der Waals surface area (Å²) in [4.78, 5) is 35.8. The summed E-state index contributed by atoms with van der Waals surface area (Å²) in [7, 11) is 0. The molecule has 162 valence electrons. The summed E-state index contributed by atoms with van der Waals surface area (Å²) >= 11 is 0. The molecule has 0 radical (unpaired) electrons. The van der Waals surface area contributed by atoms with E-state index in [1.807, 2.05) is 36.4 Å². The fraction of sp³-hybridized carbons (Fsp3) is 0.375. The van der Waals surface area contributed by atoms with Crippen molar-refractivity contribution in [1.82, 2.24) is 10.6 Å². The molecule has 0 spiro atoms. The number of carbonyl (C=O) groups is 3. The number of amides is 2. The Labute approximate surface area is 180 Å². The predicted octanol–water partition coefficient (Wildman–Crippen LogP) is 3.28. The maximum Gasteiger partial charge on any atom is 0.407 e. The Kier molecular flexibility index (Phi) is 5.93. The molecule has 1 saturated carbocycles. The lowest BCUT2D eigenvalue weighted by atomic mass is 9.98. The highest BCUT2D eigenvalue weighted by atomic mass is 16.5. The van der Waals surface area contributed by atoms with Crippen LogP contribution in [0.5, 0.6) is 0 Å². The molecule has 3 N–H and O–H groups in total. The van der Waals surface area contributed by atoms with Crippen LogP contribution in [0.3, 0.4) is 0 Å². The van der Waals surface area contributed by atoms with Crippen molar-refractivity contribution in [2.45, 2.75) is 44.2 Å². The molecule has 2 amide bonds. The van der Waals surface area contributed by atoms with Crippen molar-refractivity contribution in [2.75, 3.05) is 6.61 Å². The van der Waals surface area contributed by atoms with Crippen molar-refractivity contribution in [3.63, 3.8) is 0 Å². The second kappa shape index (κ2) is 8.79. The first-order valence-corrected chi connectivity index (χ1v) is 10.6. The molecule has 7 heteroatoms. The van der Waals surface area contributed by atoms with E-state index in [0.717, 1.165) is 35.1 Å². The van der Waals surface area contributed by atoms with Crippen molar-refractivity contribution in [3.8, 4) is 11.1 Å². The van der Waals surface area contributed by atoms with Gasteiger partial charge in [-0.1, -0.05) is 48.5 Å². The number of carboxylic acid groups (broad SMARTS) is 1. The topological polar surface area (TPSA) is 105 Å². The molecular weight excluding hydrogens is 396 g/mol. The highest BCUT2D eigenvalue weighted by Crippen LogP contribution is 2.44. The van der Waals surface area contributed by atoms with Crippen molar-refractivity contribution in [3.05, 3.63) is 59.7 Å². The molecule has 2 aromatic carbocycles. The Bertz CT molecular complexity index is 955. The summed E-state index contributed by atoms with van der Waals surface area (Å²) in [5.74, 6) is -1.22. The first-order valence-electron chi connectivity index (χ1n) is 10.6. The average molecular weight is 422 g/mol. The molecule has 0 bridgehead atoms. The summed E-state index contributed by atoms with van der Waals surface area (Å²) in [6, 6.07) is 14.9. The highest BCUT2D eigenvalue weighted by molar-refractivity contribution is 5.86. The Balaban J connectivity index is 1.33. The van der Waals surface area contributed by atoms with Crippen LogP contribution in [-0.4, -0.2) is 41.8 Å². The van der Waals surface area contributed by atoms with Gasteiger partial charge in [0.2, 0.25) is 5.91 Å². The molecular formula is C24H26N2O5. The second-order valence-corrected chi connectivity index (χ2v) is 8.24. The number of rotatable bonds is 8. The zero-order valence-corrected chi connectivity index (χ0v) is 17.3. The van der Waals surface area contributed by atoms with Gasteiger partial charge in [-0.3, -0.25) is 9.59 Å². The molecule has 1 fully saturated rings. The largest absolute Gasteiger partial charge is 0.481 e. The number of aliphatic carboxylic acids is 1. The van der Waals surface area contributed by atoms with Crippen LogP contribution in [0.25, 0.3) is 11.1 Å². The number of hydrogen-bond donors (Lipinski definition) is 3. The molecule has 4 rings (SSSR count).